The van der Waals surface area contributed by atoms with Gasteiger partial charge in [-0.05, 0) is 80.9 Å². The highest BCUT2D eigenvalue weighted by molar-refractivity contribution is 6.30. The Morgan fingerprint density at radius 2 is 0.949 bits per heavy atom. The predicted molar refractivity (Wildman–Crippen MR) is 160 cm³/mol. The summed E-state index contributed by atoms with van der Waals surface area (Å²) in [5, 5.41) is 0.743. The van der Waals surface area contributed by atoms with E-state index in [0.29, 0.717) is 0 Å². The SMILES string of the molecule is Clc1cccc(-c2cccc(-c3ccc4c(c3)C3(c5ccccc5Oc5ccccc53)c3ccccc3-4)c2)c1. The Bertz CT molecular complexity index is 1870. The third-order valence-electron chi connectivity index (χ3n) is 8.20. The van der Waals surface area contributed by atoms with Crippen molar-refractivity contribution in [3.63, 3.8) is 0 Å². The van der Waals surface area contributed by atoms with Gasteiger partial charge in [0.15, 0.2) is 0 Å². The monoisotopic (exact) mass is 518 g/mol. The lowest BCUT2D eigenvalue weighted by Crippen LogP contribution is -2.32. The summed E-state index contributed by atoms with van der Waals surface area (Å²) in [4.78, 5) is 0. The number of rotatable bonds is 2. The van der Waals surface area contributed by atoms with Gasteiger partial charge in [0.05, 0.1) is 5.41 Å². The van der Waals surface area contributed by atoms with Gasteiger partial charge < -0.3 is 4.74 Å². The minimum Gasteiger partial charge on any atom is -0.457 e. The van der Waals surface area contributed by atoms with Crippen molar-refractivity contribution in [1.29, 1.82) is 0 Å². The number of hydrogen-bond donors (Lipinski definition) is 0. The molecule has 39 heavy (non-hydrogen) atoms. The molecule has 0 radical (unpaired) electrons. The van der Waals surface area contributed by atoms with Crippen LogP contribution in [-0.2, 0) is 5.41 Å². The molecule has 0 aromatic heterocycles. The molecule has 6 aromatic carbocycles. The molecule has 1 spiro atoms. The molecule has 184 valence electrons. The molecule has 0 unspecified atom stereocenters. The summed E-state index contributed by atoms with van der Waals surface area (Å²) in [5.74, 6) is 1.82. The normalized spacial score (nSPS) is 13.7. The van der Waals surface area contributed by atoms with Crippen LogP contribution in [0.3, 0.4) is 0 Å². The third kappa shape index (κ3) is 3.21. The number of hydrogen-bond acceptors (Lipinski definition) is 1. The van der Waals surface area contributed by atoms with Gasteiger partial charge in [-0.1, -0.05) is 115 Å². The molecule has 1 nitrogen and oxygen atoms in total. The second kappa shape index (κ2) is 8.46. The van der Waals surface area contributed by atoms with Gasteiger partial charge in [0, 0.05) is 16.1 Å². The first-order chi connectivity index (χ1) is 19.2. The summed E-state index contributed by atoms with van der Waals surface area (Å²) in [7, 11) is 0. The van der Waals surface area contributed by atoms with Crippen LogP contribution in [0.15, 0.2) is 140 Å². The fourth-order valence-electron chi connectivity index (χ4n) is 6.58. The van der Waals surface area contributed by atoms with Gasteiger partial charge >= 0.3 is 0 Å². The van der Waals surface area contributed by atoms with Crippen molar-refractivity contribution < 1.29 is 4.74 Å². The molecule has 1 aliphatic carbocycles. The molecule has 0 N–H and O–H groups in total. The van der Waals surface area contributed by atoms with Crippen LogP contribution in [0, 0.1) is 0 Å². The minimum atomic E-state index is -0.460. The number of benzene rings is 6. The highest BCUT2D eigenvalue weighted by Gasteiger charge is 2.50. The molecule has 0 amide bonds. The Kier molecular flexibility index (Phi) is 4.86. The second-order valence-electron chi connectivity index (χ2n) is 10.2. The van der Waals surface area contributed by atoms with Gasteiger partial charge in [-0.25, -0.2) is 0 Å². The Hall–Kier alpha value is -4.59. The summed E-state index contributed by atoms with van der Waals surface area (Å²) < 4.78 is 6.47. The first-order valence-corrected chi connectivity index (χ1v) is 13.6. The van der Waals surface area contributed by atoms with Crippen LogP contribution in [0.5, 0.6) is 11.5 Å². The van der Waals surface area contributed by atoms with E-state index in [1.54, 1.807) is 0 Å². The van der Waals surface area contributed by atoms with Gasteiger partial charge in [-0.3, -0.25) is 0 Å². The van der Waals surface area contributed by atoms with Crippen LogP contribution in [0.25, 0.3) is 33.4 Å². The fraction of sp³-hybridized carbons (Fsp3) is 0.0270. The van der Waals surface area contributed by atoms with E-state index < -0.39 is 5.41 Å². The molecule has 1 heterocycles. The number of para-hydroxylation sites is 2. The van der Waals surface area contributed by atoms with Gasteiger partial charge in [0.1, 0.15) is 11.5 Å². The van der Waals surface area contributed by atoms with Gasteiger partial charge in [0.25, 0.3) is 0 Å². The van der Waals surface area contributed by atoms with Crippen LogP contribution in [0.1, 0.15) is 22.3 Å². The molecule has 0 saturated heterocycles. The number of fused-ring (bicyclic) bond motifs is 9. The van der Waals surface area contributed by atoms with Crippen molar-refractivity contribution in [3.8, 4) is 44.9 Å². The van der Waals surface area contributed by atoms with E-state index in [9.17, 15) is 0 Å². The summed E-state index contributed by atoms with van der Waals surface area (Å²) in [6, 6.07) is 49.5. The lowest BCUT2D eigenvalue weighted by molar-refractivity contribution is 0.436. The maximum Gasteiger partial charge on any atom is 0.132 e. The van der Waals surface area contributed by atoms with Crippen LogP contribution in [-0.4, -0.2) is 0 Å². The van der Waals surface area contributed by atoms with E-state index in [-0.39, 0.29) is 0 Å². The van der Waals surface area contributed by atoms with Gasteiger partial charge in [-0.2, -0.15) is 0 Å². The highest BCUT2D eigenvalue weighted by atomic mass is 35.5. The van der Waals surface area contributed by atoms with Gasteiger partial charge in [-0.15, -0.1) is 0 Å². The topological polar surface area (TPSA) is 9.23 Å². The first-order valence-electron chi connectivity index (χ1n) is 13.2. The van der Waals surface area contributed by atoms with E-state index in [1.165, 1.54) is 44.5 Å². The molecule has 0 fully saturated rings. The van der Waals surface area contributed by atoms with Crippen LogP contribution in [0.2, 0.25) is 5.02 Å². The molecule has 0 bridgehead atoms. The summed E-state index contributed by atoms with van der Waals surface area (Å²) in [5.41, 5.74) is 11.7. The van der Waals surface area contributed by atoms with Crippen molar-refractivity contribution in [2.45, 2.75) is 5.41 Å². The Morgan fingerprint density at radius 3 is 1.64 bits per heavy atom. The van der Waals surface area contributed by atoms with Crippen LogP contribution < -0.4 is 4.74 Å². The molecule has 1 aliphatic heterocycles. The Labute approximate surface area is 232 Å². The van der Waals surface area contributed by atoms with Crippen molar-refractivity contribution >= 4 is 11.6 Å². The summed E-state index contributed by atoms with van der Waals surface area (Å²) in [6.07, 6.45) is 0. The molecule has 0 saturated carbocycles. The van der Waals surface area contributed by atoms with Crippen molar-refractivity contribution in [3.05, 3.63) is 167 Å². The molecule has 0 atom stereocenters. The maximum atomic E-state index is 6.47. The molecule has 8 rings (SSSR count). The maximum absolute atomic E-state index is 6.47. The van der Waals surface area contributed by atoms with Gasteiger partial charge in [0.2, 0.25) is 0 Å². The Morgan fingerprint density at radius 1 is 0.410 bits per heavy atom. The summed E-state index contributed by atoms with van der Waals surface area (Å²) >= 11 is 6.31. The van der Waals surface area contributed by atoms with E-state index in [2.05, 4.69) is 121 Å². The minimum absolute atomic E-state index is 0.460. The van der Waals surface area contributed by atoms with Crippen molar-refractivity contribution in [2.24, 2.45) is 0 Å². The third-order valence-corrected chi connectivity index (χ3v) is 8.44. The largest absolute Gasteiger partial charge is 0.457 e. The van der Waals surface area contributed by atoms with Crippen molar-refractivity contribution in [2.75, 3.05) is 0 Å². The molecular weight excluding hydrogens is 496 g/mol. The quantitative estimate of drug-likeness (QED) is 0.221. The lowest BCUT2D eigenvalue weighted by atomic mass is 9.66. The smallest absolute Gasteiger partial charge is 0.132 e. The average Bonchev–Trinajstić information content (AvgIpc) is 3.28. The molecular formula is C37H23ClO. The number of halogens is 1. The van der Waals surface area contributed by atoms with E-state index in [0.717, 1.165) is 27.6 Å². The zero-order valence-corrected chi connectivity index (χ0v) is 21.8. The average molecular weight is 519 g/mol. The van der Waals surface area contributed by atoms with E-state index >= 15 is 0 Å². The predicted octanol–water partition coefficient (Wildman–Crippen LogP) is 10.1. The Balaban J connectivity index is 1.40. The van der Waals surface area contributed by atoms with Crippen molar-refractivity contribution in [1.82, 2.24) is 0 Å². The van der Waals surface area contributed by atoms with Crippen LogP contribution in [0.4, 0.5) is 0 Å². The van der Waals surface area contributed by atoms with E-state index in [1.807, 2.05) is 18.2 Å². The zero-order valence-electron chi connectivity index (χ0n) is 21.1. The zero-order chi connectivity index (χ0) is 26.0. The second-order valence-corrected chi connectivity index (χ2v) is 10.7. The van der Waals surface area contributed by atoms with E-state index in [4.69, 9.17) is 16.3 Å². The first kappa shape index (κ1) is 22.4. The molecule has 6 aromatic rings. The van der Waals surface area contributed by atoms with Crippen LogP contribution >= 0.6 is 11.6 Å². The molecule has 2 heteroatoms. The summed E-state index contributed by atoms with van der Waals surface area (Å²) in [6.45, 7) is 0. The number of ether oxygens (including phenoxy) is 1. The fourth-order valence-corrected chi connectivity index (χ4v) is 6.77. The lowest BCUT2D eigenvalue weighted by Gasteiger charge is -2.39. The highest BCUT2D eigenvalue weighted by Crippen LogP contribution is 2.62. The standard InChI is InChI=1S/C37H23ClO/c38-28-12-8-11-26(22-28)24-9-7-10-25(21-24)27-19-20-30-29-13-1-2-14-31(29)37(34(30)23-27)32-15-3-5-17-35(32)39-36-18-6-4-16-33(36)37/h1-23H. The molecule has 2 aliphatic rings.